The first kappa shape index (κ1) is 12.2. The molecule has 0 aromatic rings. The molecule has 0 aliphatic carbocycles. The number of hydrogen-bond acceptors (Lipinski definition) is 5. The van der Waals surface area contributed by atoms with Crippen molar-refractivity contribution in [2.24, 2.45) is 5.73 Å². The van der Waals surface area contributed by atoms with Crippen molar-refractivity contribution in [3.63, 3.8) is 0 Å². The van der Waals surface area contributed by atoms with Gasteiger partial charge >= 0.3 is 11.9 Å². The Hall–Kier alpha value is -1.27. The van der Waals surface area contributed by atoms with Gasteiger partial charge in [0.2, 0.25) is 0 Å². The van der Waals surface area contributed by atoms with Gasteiger partial charge in [0, 0.05) is 11.4 Å². The standard InChI is InChI=1S/C11H15NO4S/c1-2-3-9(12)6-8-4-5-17(7-8)15-10(13)11(14)16-17/h4-5,7,9H,2-3,6,12H2,1H3. The van der Waals surface area contributed by atoms with E-state index in [0.717, 1.165) is 18.4 Å². The fourth-order valence-electron chi connectivity index (χ4n) is 1.79. The van der Waals surface area contributed by atoms with E-state index in [2.05, 4.69) is 6.92 Å². The molecule has 1 atom stereocenters. The van der Waals surface area contributed by atoms with Crippen LogP contribution in [0.25, 0.3) is 0 Å². The van der Waals surface area contributed by atoms with Crippen molar-refractivity contribution in [1.29, 1.82) is 0 Å². The Morgan fingerprint density at radius 1 is 1.35 bits per heavy atom. The molecule has 2 heterocycles. The van der Waals surface area contributed by atoms with Crippen LogP contribution in [-0.2, 0) is 18.0 Å². The molecular weight excluding hydrogens is 242 g/mol. The Bertz CT molecular complexity index is 400. The van der Waals surface area contributed by atoms with Crippen LogP contribution in [0, 0.1) is 0 Å². The van der Waals surface area contributed by atoms with Crippen LogP contribution in [0.4, 0.5) is 0 Å². The molecule has 2 aliphatic heterocycles. The normalized spacial score (nSPS) is 24.5. The largest absolute Gasteiger partial charge is 0.441 e. The molecule has 1 fully saturated rings. The van der Waals surface area contributed by atoms with Crippen molar-refractivity contribution in [1.82, 2.24) is 0 Å². The van der Waals surface area contributed by atoms with Crippen LogP contribution >= 0.6 is 10.6 Å². The van der Waals surface area contributed by atoms with Gasteiger partial charge in [0.1, 0.15) is 0 Å². The van der Waals surface area contributed by atoms with Crippen molar-refractivity contribution < 1.29 is 18.0 Å². The lowest BCUT2D eigenvalue weighted by Gasteiger charge is -2.24. The molecule has 0 radical (unpaired) electrons. The molecule has 2 N–H and O–H groups in total. The van der Waals surface area contributed by atoms with Gasteiger partial charge in [-0.3, -0.25) is 0 Å². The first-order chi connectivity index (χ1) is 8.04. The van der Waals surface area contributed by atoms with Crippen LogP contribution in [0.15, 0.2) is 22.5 Å². The SMILES string of the molecule is CCCC(N)CC1=CS2(C=C1)OC(=O)C(=O)O2. The van der Waals surface area contributed by atoms with E-state index in [9.17, 15) is 9.59 Å². The van der Waals surface area contributed by atoms with E-state index in [4.69, 9.17) is 14.1 Å². The maximum Gasteiger partial charge on any atom is 0.441 e. The smallest absolute Gasteiger partial charge is 0.327 e. The predicted molar refractivity (Wildman–Crippen MR) is 64.5 cm³/mol. The maximum atomic E-state index is 11.0. The van der Waals surface area contributed by atoms with Gasteiger partial charge in [-0.15, -0.1) is 0 Å². The van der Waals surface area contributed by atoms with Gasteiger partial charge in [-0.2, -0.15) is 0 Å². The molecule has 0 saturated carbocycles. The third-order valence-corrected chi connectivity index (χ3v) is 4.49. The second-order valence-electron chi connectivity index (χ2n) is 4.08. The second kappa shape index (κ2) is 4.54. The van der Waals surface area contributed by atoms with Crippen LogP contribution in [0.3, 0.4) is 0 Å². The highest BCUT2D eigenvalue weighted by molar-refractivity contribution is 8.32. The van der Waals surface area contributed by atoms with Crippen LogP contribution in [0.5, 0.6) is 0 Å². The van der Waals surface area contributed by atoms with Gasteiger partial charge in [-0.25, -0.2) is 9.59 Å². The maximum absolute atomic E-state index is 11.0. The summed E-state index contributed by atoms with van der Waals surface area (Å²) in [4.78, 5) is 22.0. The van der Waals surface area contributed by atoms with Gasteiger partial charge in [-0.05, 0) is 24.5 Å². The first-order valence-corrected chi connectivity index (χ1v) is 7.10. The zero-order chi connectivity index (χ0) is 12.5. The Morgan fingerprint density at radius 3 is 2.59 bits per heavy atom. The van der Waals surface area contributed by atoms with E-state index in [-0.39, 0.29) is 6.04 Å². The summed E-state index contributed by atoms with van der Waals surface area (Å²) < 4.78 is 9.92. The summed E-state index contributed by atoms with van der Waals surface area (Å²) >= 11 is 0. The second-order valence-corrected chi connectivity index (χ2v) is 6.10. The summed E-state index contributed by atoms with van der Waals surface area (Å²) in [6.45, 7) is 2.08. The molecule has 6 heteroatoms. The molecule has 5 nitrogen and oxygen atoms in total. The van der Waals surface area contributed by atoms with Crippen LogP contribution in [0.2, 0.25) is 0 Å². The fraction of sp³-hybridized carbons (Fsp3) is 0.455. The molecule has 2 rings (SSSR count). The minimum atomic E-state index is -2.23. The van der Waals surface area contributed by atoms with E-state index in [1.54, 1.807) is 10.8 Å². The average Bonchev–Trinajstić information content (AvgIpc) is 2.73. The molecular formula is C11H15NO4S. The molecule has 0 amide bonds. The molecule has 0 aromatic heterocycles. The molecule has 1 unspecified atom stereocenters. The van der Waals surface area contributed by atoms with Crippen molar-refractivity contribution in [3.8, 4) is 0 Å². The summed E-state index contributed by atoms with van der Waals surface area (Å²) in [6.07, 6.45) is 4.48. The van der Waals surface area contributed by atoms with E-state index < -0.39 is 22.5 Å². The third-order valence-electron chi connectivity index (χ3n) is 2.52. The quantitative estimate of drug-likeness (QED) is 0.775. The minimum absolute atomic E-state index is 0.0817. The van der Waals surface area contributed by atoms with E-state index in [0.29, 0.717) is 6.42 Å². The van der Waals surface area contributed by atoms with Gasteiger partial charge in [0.05, 0.1) is 5.41 Å². The lowest BCUT2D eigenvalue weighted by atomic mass is 10.0. The fourth-order valence-corrected chi connectivity index (χ4v) is 3.68. The van der Waals surface area contributed by atoms with Crippen molar-refractivity contribution in [2.45, 2.75) is 32.2 Å². The minimum Gasteiger partial charge on any atom is -0.327 e. The number of nitrogens with two attached hydrogens (primary N) is 1. The van der Waals surface area contributed by atoms with Crippen molar-refractivity contribution in [3.05, 3.63) is 22.5 Å². The van der Waals surface area contributed by atoms with Gasteiger partial charge in [0.15, 0.2) is 0 Å². The summed E-state index contributed by atoms with van der Waals surface area (Å²) in [6, 6.07) is 0.0817. The van der Waals surface area contributed by atoms with Gasteiger partial charge < -0.3 is 14.1 Å². The van der Waals surface area contributed by atoms with Crippen LogP contribution in [-0.4, -0.2) is 18.0 Å². The Balaban J connectivity index is 2.03. The number of carbonyl (C=O) groups excluding carboxylic acids is 2. The highest BCUT2D eigenvalue weighted by Gasteiger charge is 2.40. The summed E-state index contributed by atoms with van der Waals surface area (Å²) in [5.74, 6) is -1.83. The van der Waals surface area contributed by atoms with E-state index in [1.807, 2.05) is 6.08 Å². The molecule has 17 heavy (non-hydrogen) atoms. The van der Waals surface area contributed by atoms with Crippen LogP contribution < -0.4 is 5.73 Å². The van der Waals surface area contributed by atoms with Crippen molar-refractivity contribution in [2.75, 3.05) is 0 Å². The highest BCUT2D eigenvalue weighted by atomic mass is 32.3. The van der Waals surface area contributed by atoms with Crippen molar-refractivity contribution >= 4 is 22.5 Å². The summed E-state index contributed by atoms with van der Waals surface area (Å²) in [5.41, 5.74) is 6.89. The molecule has 1 spiro atoms. The number of allylic oxidation sites excluding steroid dienone is 1. The zero-order valence-corrected chi connectivity index (χ0v) is 10.4. The summed E-state index contributed by atoms with van der Waals surface area (Å²) in [7, 11) is -2.23. The Labute approximate surface area is 101 Å². The Morgan fingerprint density at radius 2 is 2.00 bits per heavy atom. The number of carbonyl (C=O) groups is 2. The highest BCUT2D eigenvalue weighted by Crippen LogP contribution is 2.61. The van der Waals surface area contributed by atoms with Crippen LogP contribution in [0.1, 0.15) is 26.2 Å². The average molecular weight is 257 g/mol. The third kappa shape index (κ3) is 2.53. The lowest BCUT2D eigenvalue weighted by Crippen LogP contribution is -2.19. The van der Waals surface area contributed by atoms with Gasteiger partial charge in [-0.1, -0.05) is 23.9 Å². The molecule has 94 valence electrons. The topological polar surface area (TPSA) is 78.6 Å². The predicted octanol–water partition coefficient (Wildman–Crippen LogP) is 1.65. The molecule has 0 bridgehead atoms. The number of rotatable bonds is 4. The zero-order valence-electron chi connectivity index (χ0n) is 9.55. The monoisotopic (exact) mass is 257 g/mol. The lowest BCUT2D eigenvalue weighted by molar-refractivity contribution is -0.150. The molecule has 1 saturated heterocycles. The molecule has 2 aliphatic rings. The summed E-state index contributed by atoms with van der Waals surface area (Å²) in [5, 5.41) is 3.36. The molecule has 0 aromatic carbocycles. The number of hydrogen-bond donors (Lipinski definition) is 1. The van der Waals surface area contributed by atoms with Gasteiger partial charge in [0.25, 0.3) is 0 Å². The van der Waals surface area contributed by atoms with E-state index in [1.165, 1.54) is 0 Å². The van der Waals surface area contributed by atoms with E-state index >= 15 is 0 Å². The first-order valence-electron chi connectivity index (χ1n) is 5.49. The Kier molecular flexibility index (Phi) is 3.26.